The molecule has 0 unspecified atom stereocenters. The first kappa shape index (κ1) is 11.3. The summed E-state index contributed by atoms with van der Waals surface area (Å²) < 4.78 is 0.425. The molecule has 0 radical (unpaired) electrons. The summed E-state index contributed by atoms with van der Waals surface area (Å²) in [4.78, 5) is 2.55. The standard InChI is InChI=1S/C10H22N2S/c1-10(2,3)13-9-8-12-6-4-11-5-7-12/h11H,4-9H2,1-3H3. The molecule has 1 aliphatic heterocycles. The van der Waals surface area contributed by atoms with Crippen molar-refractivity contribution in [3.8, 4) is 0 Å². The van der Waals surface area contributed by atoms with Gasteiger partial charge in [-0.3, -0.25) is 4.90 Å². The van der Waals surface area contributed by atoms with Gasteiger partial charge in [-0.05, 0) is 0 Å². The van der Waals surface area contributed by atoms with E-state index in [1.807, 2.05) is 0 Å². The van der Waals surface area contributed by atoms with E-state index in [4.69, 9.17) is 0 Å². The molecule has 0 aromatic rings. The summed E-state index contributed by atoms with van der Waals surface area (Å²) in [7, 11) is 0. The van der Waals surface area contributed by atoms with E-state index < -0.39 is 0 Å². The summed E-state index contributed by atoms with van der Waals surface area (Å²) in [5.41, 5.74) is 0. The molecule has 2 nitrogen and oxygen atoms in total. The highest BCUT2D eigenvalue weighted by Gasteiger charge is 2.13. The largest absolute Gasteiger partial charge is 0.314 e. The van der Waals surface area contributed by atoms with E-state index in [1.165, 1.54) is 38.5 Å². The van der Waals surface area contributed by atoms with Crippen molar-refractivity contribution in [1.82, 2.24) is 10.2 Å². The third kappa shape index (κ3) is 5.55. The van der Waals surface area contributed by atoms with Crippen LogP contribution in [0.25, 0.3) is 0 Å². The maximum Gasteiger partial charge on any atom is 0.0108 e. The van der Waals surface area contributed by atoms with E-state index in [0.29, 0.717) is 4.75 Å². The van der Waals surface area contributed by atoms with Crippen molar-refractivity contribution in [3.63, 3.8) is 0 Å². The van der Waals surface area contributed by atoms with Gasteiger partial charge in [0.15, 0.2) is 0 Å². The van der Waals surface area contributed by atoms with Crippen LogP contribution in [0.1, 0.15) is 20.8 Å². The Morgan fingerprint density at radius 3 is 2.38 bits per heavy atom. The van der Waals surface area contributed by atoms with Crippen molar-refractivity contribution in [2.45, 2.75) is 25.5 Å². The molecule has 3 heteroatoms. The van der Waals surface area contributed by atoms with Crippen molar-refractivity contribution in [2.75, 3.05) is 38.5 Å². The predicted molar refractivity (Wildman–Crippen MR) is 61.5 cm³/mol. The average Bonchev–Trinajstić information content (AvgIpc) is 2.04. The molecule has 1 heterocycles. The molecule has 13 heavy (non-hydrogen) atoms. The number of nitrogens with zero attached hydrogens (tertiary/aromatic N) is 1. The Labute approximate surface area is 86.5 Å². The first-order valence-corrected chi connectivity index (χ1v) is 6.13. The van der Waals surface area contributed by atoms with Gasteiger partial charge in [-0.2, -0.15) is 11.8 Å². The minimum atomic E-state index is 0.425. The number of thioether (sulfide) groups is 1. The number of piperazine rings is 1. The lowest BCUT2D eigenvalue weighted by atomic mass is 10.3. The minimum absolute atomic E-state index is 0.425. The van der Waals surface area contributed by atoms with E-state index in [-0.39, 0.29) is 0 Å². The van der Waals surface area contributed by atoms with Crippen molar-refractivity contribution >= 4 is 11.8 Å². The fourth-order valence-electron chi connectivity index (χ4n) is 1.42. The van der Waals surface area contributed by atoms with Gasteiger partial charge in [0, 0.05) is 43.2 Å². The molecule has 0 spiro atoms. The molecule has 78 valence electrons. The van der Waals surface area contributed by atoms with Gasteiger partial charge in [0.1, 0.15) is 0 Å². The van der Waals surface area contributed by atoms with Crippen LogP contribution >= 0.6 is 11.8 Å². The number of hydrogen-bond donors (Lipinski definition) is 1. The highest BCUT2D eigenvalue weighted by molar-refractivity contribution is 8.00. The smallest absolute Gasteiger partial charge is 0.0108 e. The number of hydrogen-bond acceptors (Lipinski definition) is 3. The van der Waals surface area contributed by atoms with Gasteiger partial charge < -0.3 is 5.32 Å². The third-order valence-electron chi connectivity index (χ3n) is 2.15. The summed E-state index contributed by atoms with van der Waals surface area (Å²) in [6, 6.07) is 0. The molecular formula is C10H22N2S. The zero-order valence-corrected chi connectivity index (χ0v) is 9.91. The van der Waals surface area contributed by atoms with E-state index in [2.05, 4.69) is 42.7 Å². The van der Waals surface area contributed by atoms with Crippen molar-refractivity contribution in [1.29, 1.82) is 0 Å². The topological polar surface area (TPSA) is 15.3 Å². The Morgan fingerprint density at radius 1 is 1.23 bits per heavy atom. The fraction of sp³-hybridized carbons (Fsp3) is 1.00. The molecule has 1 fully saturated rings. The van der Waals surface area contributed by atoms with Crippen LogP contribution in [0.3, 0.4) is 0 Å². The number of rotatable bonds is 3. The maximum atomic E-state index is 3.37. The quantitative estimate of drug-likeness (QED) is 0.745. The first-order chi connectivity index (χ1) is 6.08. The Balaban J connectivity index is 2.04. The SMILES string of the molecule is CC(C)(C)SCCN1CCNCC1. The van der Waals surface area contributed by atoms with Crippen LogP contribution < -0.4 is 5.32 Å². The van der Waals surface area contributed by atoms with E-state index in [9.17, 15) is 0 Å². The monoisotopic (exact) mass is 202 g/mol. The van der Waals surface area contributed by atoms with Crippen molar-refractivity contribution in [3.05, 3.63) is 0 Å². The summed E-state index contributed by atoms with van der Waals surface area (Å²) in [5.74, 6) is 1.27. The Hall–Kier alpha value is 0.270. The van der Waals surface area contributed by atoms with Gasteiger partial charge in [0.2, 0.25) is 0 Å². The van der Waals surface area contributed by atoms with Crippen molar-refractivity contribution in [2.24, 2.45) is 0 Å². The lowest BCUT2D eigenvalue weighted by Gasteiger charge is -2.28. The molecule has 0 aromatic carbocycles. The second kappa shape index (κ2) is 5.23. The zero-order valence-electron chi connectivity index (χ0n) is 9.10. The van der Waals surface area contributed by atoms with Crippen LogP contribution in [-0.2, 0) is 0 Å². The van der Waals surface area contributed by atoms with Crippen LogP contribution in [0.2, 0.25) is 0 Å². The van der Waals surface area contributed by atoms with Gasteiger partial charge in [0.25, 0.3) is 0 Å². The highest BCUT2D eigenvalue weighted by Crippen LogP contribution is 2.22. The zero-order chi connectivity index (χ0) is 9.73. The molecule has 0 amide bonds. The second-order valence-corrected chi connectivity index (χ2v) is 6.47. The molecule has 1 aliphatic rings. The van der Waals surface area contributed by atoms with Crippen LogP contribution in [0.4, 0.5) is 0 Å². The summed E-state index contributed by atoms with van der Waals surface area (Å²) in [6.07, 6.45) is 0. The molecular weight excluding hydrogens is 180 g/mol. The molecule has 0 atom stereocenters. The molecule has 0 saturated carbocycles. The molecule has 0 aliphatic carbocycles. The summed E-state index contributed by atoms with van der Waals surface area (Å²) in [6.45, 7) is 12.9. The van der Waals surface area contributed by atoms with Gasteiger partial charge in [-0.1, -0.05) is 20.8 Å². The molecule has 0 aromatic heterocycles. The third-order valence-corrected chi connectivity index (χ3v) is 3.40. The Bertz CT molecular complexity index is 136. The van der Waals surface area contributed by atoms with E-state index in [0.717, 1.165) is 0 Å². The highest BCUT2D eigenvalue weighted by atomic mass is 32.2. The van der Waals surface area contributed by atoms with Gasteiger partial charge in [-0.15, -0.1) is 0 Å². The Kier molecular flexibility index (Phi) is 4.56. The van der Waals surface area contributed by atoms with Crippen LogP contribution in [0, 0.1) is 0 Å². The second-order valence-electron chi connectivity index (χ2n) is 4.55. The van der Waals surface area contributed by atoms with Gasteiger partial charge in [-0.25, -0.2) is 0 Å². The van der Waals surface area contributed by atoms with Crippen LogP contribution in [0.15, 0.2) is 0 Å². The van der Waals surface area contributed by atoms with E-state index in [1.54, 1.807) is 0 Å². The molecule has 1 rings (SSSR count). The van der Waals surface area contributed by atoms with Crippen LogP contribution in [-0.4, -0.2) is 48.1 Å². The van der Waals surface area contributed by atoms with E-state index >= 15 is 0 Å². The van der Waals surface area contributed by atoms with Crippen molar-refractivity contribution < 1.29 is 0 Å². The summed E-state index contributed by atoms with van der Waals surface area (Å²) >= 11 is 2.07. The summed E-state index contributed by atoms with van der Waals surface area (Å²) in [5, 5.41) is 3.37. The lowest BCUT2D eigenvalue weighted by Crippen LogP contribution is -2.44. The molecule has 1 saturated heterocycles. The minimum Gasteiger partial charge on any atom is -0.314 e. The first-order valence-electron chi connectivity index (χ1n) is 5.15. The van der Waals surface area contributed by atoms with Gasteiger partial charge in [0.05, 0.1) is 0 Å². The number of nitrogens with one attached hydrogen (secondary N) is 1. The Morgan fingerprint density at radius 2 is 1.85 bits per heavy atom. The van der Waals surface area contributed by atoms with Gasteiger partial charge >= 0.3 is 0 Å². The maximum absolute atomic E-state index is 3.37. The lowest BCUT2D eigenvalue weighted by molar-refractivity contribution is 0.255. The predicted octanol–water partition coefficient (Wildman–Crippen LogP) is 1.42. The van der Waals surface area contributed by atoms with Crippen LogP contribution in [0.5, 0.6) is 0 Å². The fourth-order valence-corrected chi connectivity index (χ4v) is 2.38. The average molecular weight is 202 g/mol. The normalized spacial score (nSPS) is 20.5. The molecule has 1 N–H and O–H groups in total. The molecule has 0 bridgehead atoms.